The number of amides is 1. The van der Waals surface area contributed by atoms with E-state index in [1.54, 1.807) is 19.2 Å². The summed E-state index contributed by atoms with van der Waals surface area (Å²) in [5.74, 6) is 1.95. The first-order valence-corrected chi connectivity index (χ1v) is 10.8. The van der Waals surface area contributed by atoms with Gasteiger partial charge in [0.25, 0.3) is 0 Å². The first-order valence-electron chi connectivity index (χ1n) is 10.5. The number of benzene rings is 2. The standard InChI is InChI=1S/C23H28ClN3O4/c1-29-21-13-22(30-2)19(12-18(21)24)25-23(28)15-27-8-6-26(7-9-27)14-16-3-4-20-17(11-16)5-10-31-20/h3-4,11-13H,5-10,14-15H2,1-2H3,(H,25,28). The Morgan fingerprint density at radius 2 is 1.81 bits per heavy atom. The molecule has 166 valence electrons. The van der Waals surface area contributed by atoms with E-state index in [1.807, 2.05) is 0 Å². The van der Waals surface area contributed by atoms with Crippen molar-refractivity contribution in [1.29, 1.82) is 0 Å². The van der Waals surface area contributed by atoms with Crippen LogP contribution in [-0.4, -0.2) is 69.3 Å². The smallest absolute Gasteiger partial charge is 0.238 e. The Hall–Kier alpha value is -2.48. The summed E-state index contributed by atoms with van der Waals surface area (Å²) < 4.78 is 16.1. The minimum Gasteiger partial charge on any atom is -0.495 e. The minimum atomic E-state index is -0.0911. The van der Waals surface area contributed by atoms with Crippen molar-refractivity contribution < 1.29 is 19.0 Å². The van der Waals surface area contributed by atoms with Crippen molar-refractivity contribution in [2.24, 2.45) is 0 Å². The van der Waals surface area contributed by atoms with Crippen LogP contribution in [0.15, 0.2) is 30.3 Å². The van der Waals surface area contributed by atoms with Crippen molar-refractivity contribution in [3.05, 3.63) is 46.5 Å². The maximum Gasteiger partial charge on any atom is 0.238 e. The highest BCUT2D eigenvalue weighted by molar-refractivity contribution is 6.32. The number of fused-ring (bicyclic) bond motifs is 1. The van der Waals surface area contributed by atoms with Crippen LogP contribution in [0, 0.1) is 0 Å². The van der Waals surface area contributed by atoms with Gasteiger partial charge >= 0.3 is 0 Å². The molecule has 4 rings (SSSR count). The Kier molecular flexibility index (Phi) is 6.85. The Bertz CT molecular complexity index is 945. The van der Waals surface area contributed by atoms with Gasteiger partial charge in [-0.05, 0) is 23.3 Å². The third-order valence-electron chi connectivity index (χ3n) is 5.74. The highest BCUT2D eigenvalue weighted by atomic mass is 35.5. The van der Waals surface area contributed by atoms with Crippen LogP contribution in [0.3, 0.4) is 0 Å². The van der Waals surface area contributed by atoms with Crippen LogP contribution in [0.4, 0.5) is 5.69 Å². The predicted octanol–water partition coefficient (Wildman–Crippen LogP) is 3.05. The number of rotatable bonds is 7. The average molecular weight is 446 g/mol. The molecule has 0 spiro atoms. The van der Waals surface area contributed by atoms with E-state index in [1.165, 1.54) is 18.2 Å². The van der Waals surface area contributed by atoms with Gasteiger partial charge in [0.05, 0.1) is 38.1 Å². The second-order valence-corrected chi connectivity index (χ2v) is 8.24. The fraction of sp³-hybridized carbons (Fsp3) is 0.435. The number of hydrogen-bond donors (Lipinski definition) is 1. The molecule has 0 unspecified atom stereocenters. The quantitative estimate of drug-likeness (QED) is 0.706. The second kappa shape index (κ2) is 9.77. The largest absolute Gasteiger partial charge is 0.495 e. The fourth-order valence-corrected chi connectivity index (χ4v) is 4.29. The van der Waals surface area contributed by atoms with Crippen molar-refractivity contribution in [2.75, 3.05) is 58.9 Å². The van der Waals surface area contributed by atoms with Gasteiger partial charge in [0.2, 0.25) is 5.91 Å². The number of ether oxygens (including phenoxy) is 3. The molecule has 0 atom stereocenters. The van der Waals surface area contributed by atoms with Gasteiger partial charge in [0.1, 0.15) is 17.2 Å². The highest BCUT2D eigenvalue weighted by Gasteiger charge is 2.21. The number of methoxy groups -OCH3 is 2. The van der Waals surface area contributed by atoms with Crippen LogP contribution in [0.1, 0.15) is 11.1 Å². The zero-order chi connectivity index (χ0) is 21.8. The van der Waals surface area contributed by atoms with E-state index in [0.717, 1.165) is 51.5 Å². The SMILES string of the molecule is COc1cc(OC)c(NC(=O)CN2CCN(Cc3ccc4c(c3)CCO4)CC2)cc1Cl. The van der Waals surface area contributed by atoms with Crippen LogP contribution < -0.4 is 19.5 Å². The Balaban J connectivity index is 1.27. The first-order chi connectivity index (χ1) is 15.1. The summed E-state index contributed by atoms with van der Waals surface area (Å²) in [5.41, 5.74) is 3.17. The van der Waals surface area contributed by atoms with Crippen LogP contribution in [0.5, 0.6) is 17.2 Å². The number of nitrogens with zero attached hydrogens (tertiary/aromatic N) is 2. The van der Waals surface area contributed by atoms with Gasteiger partial charge in [0.15, 0.2) is 0 Å². The molecule has 1 amide bonds. The average Bonchev–Trinajstić information content (AvgIpc) is 3.23. The number of carbonyl (C=O) groups excluding carboxylic acids is 1. The summed E-state index contributed by atoms with van der Waals surface area (Å²) in [7, 11) is 3.09. The molecule has 7 nitrogen and oxygen atoms in total. The normalized spacial score (nSPS) is 16.5. The lowest BCUT2D eigenvalue weighted by molar-refractivity contribution is -0.117. The van der Waals surface area contributed by atoms with Gasteiger partial charge in [0, 0.05) is 45.2 Å². The lowest BCUT2D eigenvalue weighted by Gasteiger charge is -2.34. The van der Waals surface area contributed by atoms with Crippen LogP contribution in [0.2, 0.25) is 5.02 Å². The summed E-state index contributed by atoms with van der Waals surface area (Å²) in [6, 6.07) is 9.81. The number of piperazine rings is 1. The number of hydrogen-bond acceptors (Lipinski definition) is 6. The summed E-state index contributed by atoms with van der Waals surface area (Å²) in [5, 5.41) is 3.33. The summed E-state index contributed by atoms with van der Waals surface area (Å²) in [6.45, 7) is 5.60. The molecular formula is C23H28ClN3O4. The zero-order valence-corrected chi connectivity index (χ0v) is 18.7. The Morgan fingerprint density at radius 1 is 1.06 bits per heavy atom. The Labute approximate surface area is 187 Å². The number of carbonyl (C=O) groups is 1. The molecule has 31 heavy (non-hydrogen) atoms. The third-order valence-corrected chi connectivity index (χ3v) is 6.04. The van der Waals surface area contributed by atoms with E-state index < -0.39 is 0 Å². The second-order valence-electron chi connectivity index (χ2n) is 7.83. The molecule has 1 N–H and O–H groups in total. The molecular weight excluding hydrogens is 418 g/mol. The topological polar surface area (TPSA) is 63.3 Å². The van der Waals surface area contributed by atoms with Gasteiger partial charge in [-0.1, -0.05) is 23.7 Å². The van der Waals surface area contributed by atoms with Crippen molar-refractivity contribution in [2.45, 2.75) is 13.0 Å². The van der Waals surface area contributed by atoms with Crippen LogP contribution in [-0.2, 0) is 17.8 Å². The third kappa shape index (κ3) is 5.23. The number of anilines is 1. The number of nitrogens with one attached hydrogen (secondary N) is 1. The summed E-state index contributed by atoms with van der Waals surface area (Å²) in [4.78, 5) is 17.2. The highest BCUT2D eigenvalue weighted by Crippen LogP contribution is 2.35. The van der Waals surface area contributed by atoms with Crippen molar-refractivity contribution in [3.8, 4) is 17.2 Å². The van der Waals surface area contributed by atoms with Crippen molar-refractivity contribution in [1.82, 2.24) is 9.80 Å². The maximum atomic E-state index is 12.6. The molecule has 0 bridgehead atoms. The maximum absolute atomic E-state index is 12.6. The van der Waals surface area contributed by atoms with Gasteiger partial charge in [-0.3, -0.25) is 14.6 Å². The lowest BCUT2D eigenvalue weighted by atomic mass is 10.1. The molecule has 1 fully saturated rings. The van der Waals surface area contributed by atoms with Crippen molar-refractivity contribution >= 4 is 23.2 Å². The zero-order valence-electron chi connectivity index (χ0n) is 17.9. The molecule has 0 aromatic heterocycles. The van der Waals surface area contributed by atoms with E-state index in [0.29, 0.717) is 28.8 Å². The molecule has 2 heterocycles. The van der Waals surface area contributed by atoms with E-state index in [9.17, 15) is 4.79 Å². The predicted molar refractivity (Wildman–Crippen MR) is 121 cm³/mol. The molecule has 0 saturated carbocycles. The molecule has 2 aromatic rings. The van der Waals surface area contributed by atoms with E-state index >= 15 is 0 Å². The van der Waals surface area contributed by atoms with Gasteiger partial charge in [-0.2, -0.15) is 0 Å². The molecule has 2 aliphatic heterocycles. The van der Waals surface area contributed by atoms with E-state index in [-0.39, 0.29) is 5.91 Å². The van der Waals surface area contributed by atoms with E-state index in [2.05, 4.69) is 33.3 Å². The monoisotopic (exact) mass is 445 g/mol. The summed E-state index contributed by atoms with van der Waals surface area (Å²) in [6.07, 6.45) is 0.996. The summed E-state index contributed by atoms with van der Waals surface area (Å²) >= 11 is 6.19. The van der Waals surface area contributed by atoms with Gasteiger partial charge in [-0.25, -0.2) is 0 Å². The molecule has 0 radical (unpaired) electrons. The van der Waals surface area contributed by atoms with Crippen LogP contribution in [0.25, 0.3) is 0 Å². The Morgan fingerprint density at radius 3 is 2.55 bits per heavy atom. The molecule has 2 aliphatic rings. The van der Waals surface area contributed by atoms with Crippen molar-refractivity contribution in [3.63, 3.8) is 0 Å². The molecule has 8 heteroatoms. The molecule has 0 aliphatic carbocycles. The molecule has 2 aromatic carbocycles. The number of halogens is 1. The lowest BCUT2D eigenvalue weighted by Crippen LogP contribution is -2.48. The first kappa shape index (κ1) is 21.7. The fourth-order valence-electron chi connectivity index (χ4n) is 4.05. The van der Waals surface area contributed by atoms with Gasteiger partial charge < -0.3 is 19.5 Å². The van der Waals surface area contributed by atoms with Crippen LogP contribution >= 0.6 is 11.6 Å². The van der Waals surface area contributed by atoms with E-state index in [4.69, 9.17) is 25.8 Å². The van der Waals surface area contributed by atoms with Gasteiger partial charge in [-0.15, -0.1) is 0 Å². The minimum absolute atomic E-state index is 0.0911. The molecule has 1 saturated heterocycles.